The number of carbonyl (C=O) groups excluding carboxylic acids is 4. The lowest BCUT2D eigenvalue weighted by Gasteiger charge is -2.35. The van der Waals surface area contributed by atoms with Crippen molar-refractivity contribution in [1.29, 1.82) is 0 Å². The minimum absolute atomic E-state index is 0.0229. The van der Waals surface area contributed by atoms with Crippen molar-refractivity contribution in [3.05, 3.63) is 105 Å². The topological polar surface area (TPSA) is 141 Å². The summed E-state index contributed by atoms with van der Waals surface area (Å²) in [6.45, 7) is 13.7. The largest absolute Gasteiger partial charge is 0.449 e. The van der Waals surface area contributed by atoms with Crippen molar-refractivity contribution < 1.29 is 28.7 Å². The molecule has 0 spiro atoms. The van der Waals surface area contributed by atoms with Crippen LogP contribution in [-0.2, 0) is 54.3 Å². The Kier molecular flexibility index (Phi) is 19.6. The molecule has 0 aliphatic carbocycles. The van der Waals surface area contributed by atoms with Crippen LogP contribution in [0.15, 0.2) is 72.8 Å². The number of nitrogens with one attached hydrogen (secondary N) is 1. The standard InChI is InChI=1S/C26H29ClN4O3S.C21H21ClN4OS.C7H13ClO2/c1-2-5-25(33)34-17-31-22-16-21(27)18(14-19(22)15-24(31)32)8-9-29-10-12-30(13-11-29)26-20-6-3-4-7-23(20)35-28-26;22-17-13-18-15(12-20(27)23-18)11-14(17)5-6-25-7-9-26(10-8-25)21-16-3-1-2-4-19(16)28-24-21;1-2-3-4-5-7(9)10-6-8/h3-4,6-7,14,16H,2,5,8-13,15,17H2,1H3;1-4,11,13H,5-10,12H2,(H,23,27);2-6H2,1H3. The molecule has 4 aromatic carbocycles. The van der Waals surface area contributed by atoms with Crippen molar-refractivity contribution in [2.45, 2.75) is 78.1 Å². The fourth-order valence-electron chi connectivity index (χ4n) is 9.46. The Morgan fingerprint density at radius 3 is 1.77 bits per heavy atom. The number of hydrogen-bond donors (Lipinski definition) is 1. The first-order valence-corrected chi connectivity index (χ1v) is 28.1. The highest BCUT2D eigenvalue weighted by atomic mass is 35.5. The van der Waals surface area contributed by atoms with Gasteiger partial charge in [-0.3, -0.25) is 33.9 Å². The molecule has 19 heteroatoms. The molecule has 73 heavy (non-hydrogen) atoms. The molecule has 0 unspecified atom stereocenters. The average molecular weight is 1090 g/mol. The van der Waals surface area contributed by atoms with E-state index in [0.29, 0.717) is 30.7 Å². The number of piperazine rings is 2. The number of unbranched alkanes of at least 4 members (excludes halogenated alkanes) is 2. The van der Waals surface area contributed by atoms with Gasteiger partial charge in [0.05, 0.1) is 27.9 Å². The second-order valence-corrected chi connectivity index (χ2v) is 21.2. The lowest BCUT2D eigenvalue weighted by molar-refractivity contribution is -0.144. The molecule has 1 N–H and O–H groups in total. The second kappa shape index (κ2) is 26.4. The summed E-state index contributed by atoms with van der Waals surface area (Å²) in [5, 5.41) is 6.74. The normalized spacial score (nSPS) is 15.7. The average Bonchev–Trinajstić information content (AvgIpc) is 4.19. The summed E-state index contributed by atoms with van der Waals surface area (Å²) in [5.41, 5.74) is 5.80. The second-order valence-electron chi connectivity index (χ2n) is 18.5. The summed E-state index contributed by atoms with van der Waals surface area (Å²) in [7, 11) is 0. The molecule has 6 heterocycles. The van der Waals surface area contributed by atoms with Gasteiger partial charge in [-0.15, -0.1) is 0 Å². The molecular weight excluding hydrogens is 1030 g/mol. The number of nitrogens with zero attached hydrogens (tertiary/aromatic N) is 7. The van der Waals surface area contributed by atoms with E-state index in [4.69, 9.17) is 43.9 Å². The van der Waals surface area contributed by atoms with E-state index in [0.717, 1.165) is 154 Å². The molecule has 10 rings (SSSR count). The Balaban J connectivity index is 0.000000167. The molecule has 2 saturated heterocycles. The quantitative estimate of drug-likeness (QED) is 0.0528. The number of amides is 2. The minimum Gasteiger partial charge on any atom is -0.449 e. The first kappa shape index (κ1) is 54.2. The van der Waals surface area contributed by atoms with E-state index in [1.807, 2.05) is 25.1 Å². The molecule has 6 aromatic rings. The van der Waals surface area contributed by atoms with Gasteiger partial charge in [0.25, 0.3) is 0 Å². The van der Waals surface area contributed by atoms with Crippen molar-refractivity contribution in [3.8, 4) is 0 Å². The Morgan fingerprint density at radius 1 is 0.658 bits per heavy atom. The maximum absolute atomic E-state index is 12.5. The van der Waals surface area contributed by atoms with Gasteiger partial charge in [0.1, 0.15) is 11.6 Å². The Bertz CT molecular complexity index is 2870. The fraction of sp³-hybridized carbons (Fsp3) is 0.444. The molecule has 14 nitrogen and oxygen atoms in total. The van der Waals surface area contributed by atoms with Crippen LogP contribution in [0, 0.1) is 0 Å². The summed E-state index contributed by atoms with van der Waals surface area (Å²) in [6, 6.07) is 24.7. The molecule has 0 atom stereocenters. The van der Waals surface area contributed by atoms with Crippen LogP contribution in [0.25, 0.3) is 20.2 Å². The number of rotatable bonds is 17. The van der Waals surface area contributed by atoms with Crippen LogP contribution in [0.4, 0.5) is 23.0 Å². The lowest BCUT2D eigenvalue weighted by atomic mass is 10.1. The van der Waals surface area contributed by atoms with E-state index in [-0.39, 0.29) is 36.5 Å². The zero-order chi connectivity index (χ0) is 51.3. The number of hydrogen-bond acceptors (Lipinski definition) is 14. The smallest absolute Gasteiger partial charge is 0.307 e. The van der Waals surface area contributed by atoms with Gasteiger partial charge < -0.3 is 24.6 Å². The van der Waals surface area contributed by atoms with Crippen molar-refractivity contribution in [3.63, 3.8) is 0 Å². The van der Waals surface area contributed by atoms with Gasteiger partial charge in [0.15, 0.2) is 12.8 Å². The third-order valence-corrected chi connectivity index (χ3v) is 16.0. The number of ether oxygens (including phenoxy) is 2. The highest BCUT2D eigenvalue weighted by molar-refractivity contribution is 7.14. The Hall–Kier alpha value is -5.07. The van der Waals surface area contributed by atoms with Crippen LogP contribution >= 0.6 is 57.9 Å². The van der Waals surface area contributed by atoms with Gasteiger partial charge in [-0.25, -0.2) is 0 Å². The predicted octanol–water partition coefficient (Wildman–Crippen LogP) is 10.6. The minimum atomic E-state index is -0.292. The van der Waals surface area contributed by atoms with Crippen LogP contribution in [0.2, 0.25) is 10.0 Å². The number of anilines is 4. The zero-order valence-electron chi connectivity index (χ0n) is 41.5. The van der Waals surface area contributed by atoms with Crippen LogP contribution in [0.3, 0.4) is 0 Å². The van der Waals surface area contributed by atoms with E-state index in [1.54, 1.807) is 23.1 Å². The fourth-order valence-corrected chi connectivity index (χ4v) is 11.7. The molecule has 388 valence electrons. The molecule has 0 bridgehead atoms. The van der Waals surface area contributed by atoms with E-state index in [9.17, 15) is 19.2 Å². The van der Waals surface area contributed by atoms with Gasteiger partial charge in [0.2, 0.25) is 11.8 Å². The highest BCUT2D eigenvalue weighted by Gasteiger charge is 2.30. The monoisotopic (exact) mass is 1090 g/mol. The number of carbonyl (C=O) groups is 4. The van der Waals surface area contributed by atoms with Gasteiger partial charge >= 0.3 is 11.9 Å². The molecule has 2 fully saturated rings. The van der Waals surface area contributed by atoms with Crippen LogP contribution in [0.1, 0.15) is 74.6 Å². The summed E-state index contributed by atoms with van der Waals surface area (Å²) in [5.74, 6) is 1.72. The Labute approximate surface area is 450 Å². The van der Waals surface area contributed by atoms with Crippen LogP contribution < -0.4 is 20.0 Å². The molecule has 0 radical (unpaired) electrons. The number of halogens is 3. The lowest BCUT2D eigenvalue weighted by Crippen LogP contribution is -2.47. The number of fused-ring (bicyclic) bond motifs is 4. The van der Waals surface area contributed by atoms with Crippen molar-refractivity contribution in [1.82, 2.24) is 18.5 Å². The SMILES string of the molecule is CCCC(=O)OCN1C(=O)Cc2cc(CCN3CCN(c4nsc5ccccc45)CC3)c(Cl)cc21.CCCCCC(=O)OCCl.O=C1Cc2cc(CCN3CCN(c4nsc5ccccc45)CC3)c(Cl)cc2N1. The van der Waals surface area contributed by atoms with Gasteiger partial charge in [-0.1, -0.05) is 97.9 Å². The van der Waals surface area contributed by atoms with Crippen molar-refractivity contribution in [2.24, 2.45) is 0 Å². The Morgan fingerprint density at radius 2 is 1.21 bits per heavy atom. The molecular formula is C54H63Cl3N8O6S2. The molecule has 2 aromatic heterocycles. The molecule has 2 amide bonds. The van der Waals surface area contributed by atoms with Gasteiger partial charge in [0, 0.05) is 105 Å². The number of benzene rings is 4. The number of alkyl halides is 1. The molecule has 4 aliphatic rings. The van der Waals surface area contributed by atoms with E-state index < -0.39 is 0 Å². The van der Waals surface area contributed by atoms with Crippen LogP contribution in [-0.4, -0.2) is 121 Å². The maximum atomic E-state index is 12.5. The van der Waals surface area contributed by atoms with E-state index in [1.165, 1.54) is 25.1 Å². The summed E-state index contributed by atoms with van der Waals surface area (Å²) in [6.07, 6.45) is 7.17. The summed E-state index contributed by atoms with van der Waals surface area (Å²) in [4.78, 5) is 57.6. The third-order valence-electron chi connectivity index (χ3n) is 13.5. The van der Waals surface area contributed by atoms with Crippen molar-refractivity contribution in [2.75, 3.05) is 98.3 Å². The maximum Gasteiger partial charge on any atom is 0.307 e. The zero-order valence-corrected chi connectivity index (χ0v) is 45.4. The van der Waals surface area contributed by atoms with E-state index in [2.05, 4.69) is 95.5 Å². The van der Waals surface area contributed by atoms with Gasteiger partial charge in [-0.05, 0) is 107 Å². The number of aromatic nitrogens is 2. The van der Waals surface area contributed by atoms with E-state index >= 15 is 0 Å². The highest BCUT2D eigenvalue weighted by Crippen LogP contribution is 2.36. The van der Waals surface area contributed by atoms with Crippen LogP contribution in [0.5, 0.6) is 0 Å². The van der Waals surface area contributed by atoms with Gasteiger partial charge in [-0.2, -0.15) is 8.75 Å². The summed E-state index contributed by atoms with van der Waals surface area (Å²) < 4.78 is 21.6. The first-order valence-electron chi connectivity index (χ1n) is 25.2. The predicted molar refractivity (Wildman–Crippen MR) is 297 cm³/mol. The third kappa shape index (κ3) is 14.2. The number of esters is 2. The molecule has 4 aliphatic heterocycles. The first-order chi connectivity index (χ1) is 35.5. The van der Waals surface area contributed by atoms with Crippen molar-refractivity contribution >= 4 is 125 Å². The molecule has 0 saturated carbocycles. The summed E-state index contributed by atoms with van der Waals surface area (Å²) >= 11 is 21.4.